The number of rotatable bonds is 7. The van der Waals surface area contributed by atoms with Crippen molar-refractivity contribution in [3.63, 3.8) is 0 Å². The first-order chi connectivity index (χ1) is 18.4. The van der Waals surface area contributed by atoms with Crippen molar-refractivity contribution in [2.75, 3.05) is 31.6 Å². The number of fused-ring (bicyclic) bond motifs is 3. The molecule has 0 bridgehead atoms. The molecule has 3 N–H and O–H groups in total. The molecule has 2 fully saturated rings. The number of carbonyl (C=O) groups is 1. The van der Waals surface area contributed by atoms with Crippen molar-refractivity contribution in [2.24, 2.45) is 11.7 Å². The van der Waals surface area contributed by atoms with Crippen molar-refractivity contribution in [2.45, 2.75) is 77.0 Å². The maximum Gasteiger partial charge on any atom is 0.233 e. The highest BCUT2D eigenvalue weighted by atomic mass is 32.1. The maximum atomic E-state index is 12.0. The third-order valence-electron chi connectivity index (χ3n) is 8.14. The Morgan fingerprint density at radius 3 is 2.68 bits per heavy atom. The molecule has 38 heavy (non-hydrogen) atoms. The number of thiophene rings is 1. The molecule has 1 amide bonds. The van der Waals surface area contributed by atoms with Crippen molar-refractivity contribution >= 4 is 39.2 Å². The number of carbonyl (C=O) groups excluding carboxylic acids is 1. The van der Waals surface area contributed by atoms with Crippen LogP contribution in [-0.2, 0) is 22.4 Å². The van der Waals surface area contributed by atoms with Gasteiger partial charge in [0.2, 0.25) is 17.7 Å². The largest absolute Gasteiger partial charge is 0.474 e. The van der Waals surface area contributed by atoms with Crippen LogP contribution in [0.3, 0.4) is 0 Å². The second-order valence-electron chi connectivity index (χ2n) is 11.0. The predicted octanol–water partition coefficient (Wildman–Crippen LogP) is 3.82. The van der Waals surface area contributed by atoms with Crippen LogP contribution < -0.4 is 15.8 Å². The van der Waals surface area contributed by atoms with Gasteiger partial charge in [-0.2, -0.15) is 10.1 Å². The first-order valence-electron chi connectivity index (χ1n) is 13.9. The quantitative estimate of drug-likeness (QED) is 0.465. The Morgan fingerprint density at radius 1 is 1.18 bits per heavy atom. The number of anilines is 2. The van der Waals surface area contributed by atoms with Gasteiger partial charge in [-0.05, 0) is 64.4 Å². The molecule has 1 unspecified atom stereocenters. The van der Waals surface area contributed by atoms with E-state index < -0.39 is 0 Å². The van der Waals surface area contributed by atoms with Gasteiger partial charge >= 0.3 is 0 Å². The van der Waals surface area contributed by atoms with Gasteiger partial charge in [0.25, 0.3) is 0 Å². The van der Waals surface area contributed by atoms with Gasteiger partial charge in [-0.25, -0.2) is 4.98 Å². The summed E-state index contributed by atoms with van der Waals surface area (Å²) in [4.78, 5) is 26.5. The van der Waals surface area contributed by atoms with E-state index in [1.807, 2.05) is 16.9 Å². The number of hydrogen-bond donors (Lipinski definition) is 2. The van der Waals surface area contributed by atoms with E-state index >= 15 is 0 Å². The molecule has 1 saturated carbocycles. The van der Waals surface area contributed by atoms with Crippen molar-refractivity contribution in [1.82, 2.24) is 24.6 Å². The molecule has 11 heteroatoms. The normalized spacial score (nSPS) is 24.4. The number of morpholine rings is 1. The fourth-order valence-corrected chi connectivity index (χ4v) is 7.17. The molecule has 3 aromatic rings. The second-order valence-corrected chi connectivity index (χ2v) is 12.1. The van der Waals surface area contributed by atoms with Crippen LogP contribution in [0.15, 0.2) is 12.3 Å². The zero-order chi connectivity index (χ0) is 26.2. The average Bonchev–Trinajstić information content (AvgIpc) is 3.54. The number of primary amides is 1. The monoisotopic (exact) mass is 539 g/mol. The lowest BCUT2D eigenvalue weighted by Crippen LogP contribution is -2.46. The van der Waals surface area contributed by atoms with Crippen molar-refractivity contribution < 1.29 is 14.3 Å². The number of amides is 1. The fraction of sp³-hybridized carbons (Fsp3) is 0.630. The number of nitrogens with one attached hydrogen (secondary N) is 1. The SMILES string of the molecule is CC(C)n1ccc(Nc2nc(OC3CCC(N4CCOCC4)CC3)c3c4c(sc3n2)CCC(C(N)=O)C4)n1. The standard InChI is InChI=1S/C27H37N7O3S/c1-16(2)34-10-9-22(32-34)29-27-30-25(37-19-6-4-18(5-7-19)33-11-13-36-14-12-33)23-20-15-17(24(28)35)3-8-21(20)38-26(23)31-27/h9-10,16-19H,3-8,11-15H2,1-2H3,(H2,28,35)(H,29,30,31,32). The average molecular weight is 540 g/mol. The molecule has 2 aliphatic carbocycles. The Hall–Kier alpha value is -2.76. The van der Waals surface area contributed by atoms with Crippen molar-refractivity contribution in [3.05, 3.63) is 22.7 Å². The predicted molar refractivity (Wildman–Crippen MR) is 147 cm³/mol. The molecule has 6 rings (SSSR count). The van der Waals surface area contributed by atoms with E-state index in [0.29, 0.717) is 30.1 Å². The minimum absolute atomic E-state index is 0.101. The summed E-state index contributed by atoms with van der Waals surface area (Å²) in [5.41, 5.74) is 6.84. The Balaban J connectivity index is 1.27. The van der Waals surface area contributed by atoms with Crippen LogP contribution >= 0.6 is 11.3 Å². The van der Waals surface area contributed by atoms with Gasteiger partial charge in [0, 0.05) is 48.2 Å². The van der Waals surface area contributed by atoms with Gasteiger partial charge in [-0.1, -0.05) is 0 Å². The van der Waals surface area contributed by atoms with E-state index in [1.54, 1.807) is 11.3 Å². The number of nitrogens with two attached hydrogens (primary N) is 1. The lowest BCUT2D eigenvalue weighted by atomic mass is 9.87. The fourth-order valence-electron chi connectivity index (χ4n) is 5.96. The summed E-state index contributed by atoms with van der Waals surface area (Å²) in [6, 6.07) is 2.79. The molecule has 4 heterocycles. The van der Waals surface area contributed by atoms with Crippen LogP contribution in [0.2, 0.25) is 0 Å². The van der Waals surface area contributed by atoms with Crippen molar-refractivity contribution in [1.29, 1.82) is 0 Å². The minimum Gasteiger partial charge on any atom is -0.474 e. The smallest absolute Gasteiger partial charge is 0.233 e. The number of aryl methyl sites for hydroxylation is 1. The van der Waals surface area contributed by atoms with Gasteiger partial charge in [-0.15, -0.1) is 11.3 Å². The highest BCUT2D eigenvalue weighted by Gasteiger charge is 2.32. The van der Waals surface area contributed by atoms with E-state index in [9.17, 15) is 4.79 Å². The molecule has 1 saturated heterocycles. The summed E-state index contributed by atoms with van der Waals surface area (Å²) >= 11 is 1.68. The summed E-state index contributed by atoms with van der Waals surface area (Å²) < 4.78 is 14.1. The van der Waals surface area contributed by atoms with Gasteiger partial charge < -0.3 is 20.5 Å². The van der Waals surface area contributed by atoms with E-state index in [4.69, 9.17) is 25.2 Å². The Bertz CT molecular complexity index is 1290. The van der Waals surface area contributed by atoms with Crippen LogP contribution in [0, 0.1) is 5.92 Å². The number of hydrogen-bond acceptors (Lipinski definition) is 9. The molecule has 0 radical (unpaired) electrons. The summed E-state index contributed by atoms with van der Waals surface area (Å²) in [6.45, 7) is 7.88. The first kappa shape index (κ1) is 25.5. The van der Waals surface area contributed by atoms with Crippen LogP contribution in [0.5, 0.6) is 5.88 Å². The molecule has 1 atom stereocenters. The third kappa shape index (κ3) is 5.23. The molecule has 3 aromatic heterocycles. The highest BCUT2D eigenvalue weighted by molar-refractivity contribution is 7.18. The minimum atomic E-state index is -0.237. The lowest BCUT2D eigenvalue weighted by molar-refractivity contribution is -0.122. The van der Waals surface area contributed by atoms with E-state index in [1.165, 1.54) is 4.88 Å². The van der Waals surface area contributed by atoms with Gasteiger partial charge in [-0.3, -0.25) is 14.4 Å². The zero-order valence-corrected chi connectivity index (χ0v) is 23.0. The molecule has 3 aliphatic rings. The van der Waals surface area contributed by atoms with Crippen LogP contribution in [0.25, 0.3) is 10.2 Å². The molecule has 0 aromatic carbocycles. The summed E-state index contributed by atoms with van der Waals surface area (Å²) in [5.74, 6) is 1.39. The Kier molecular flexibility index (Phi) is 7.24. The van der Waals surface area contributed by atoms with Gasteiger partial charge in [0.05, 0.1) is 18.6 Å². The summed E-state index contributed by atoms with van der Waals surface area (Å²) in [5, 5.41) is 8.84. The van der Waals surface area contributed by atoms with Crippen LogP contribution in [0.4, 0.5) is 11.8 Å². The molecule has 10 nitrogen and oxygen atoms in total. The highest BCUT2D eigenvalue weighted by Crippen LogP contribution is 2.42. The zero-order valence-electron chi connectivity index (χ0n) is 22.2. The van der Waals surface area contributed by atoms with Crippen LogP contribution in [0.1, 0.15) is 62.4 Å². The maximum absolute atomic E-state index is 12.0. The van der Waals surface area contributed by atoms with E-state index in [0.717, 1.165) is 80.6 Å². The number of ether oxygens (including phenoxy) is 2. The van der Waals surface area contributed by atoms with E-state index in [2.05, 4.69) is 29.2 Å². The second kappa shape index (κ2) is 10.8. The Labute approximate surface area is 226 Å². The Morgan fingerprint density at radius 2 is 1.97 bits per heavy atom. The van der Waals surface area contributed by atoms with Gasteiger partial charge in [0.1, 0.15) is 10.9 Å². The number of aromatic nitrogens is 4. The van der Waals surface area contributed by atoms with E-state index in [-0.39, 0.29) is 24.0 Å². The van der Waals surface area contributed by atoms with Crippen LogP contribution in [-0.4, -0.2) is 69.0 Å². The first-order valence-corrected chi connectivity index (χ1v) is 14.7. The molecule has 0 spiro atoms. The lowest BCUT2D eigenvalue weighted by Gasteiger charge is -2.38. The third-order valence-corrected chi connectivity index (χ3v) is 9.32. The number of nitrogens with zero attached hydrogens (tertiary/aromatic N) is 5. The molecule has 1 aliphatic heterocycles. The summed E-state index contributed by atoms with van der Waals surface area (Å²) in [6.07, 6.45) is 8.49. The molecular weight excluding hydrogens is 502 g/mol. The summed E-state index contributed by atoms with van der Waals surface area (Å²) in [7, 11) is 0. The van der Waals surface area contributed by atoms with Gasteiger partial charge in [0.15, 0.2) is 5.82 Å². The van der Waals surface area contributed by atoms with Crippen molar-refractivity contribution in [3.8, 4) is 5.88 Å². The molecule has 204 valence electrons. The molecular formula is C27H37N7O3S. The topological polar surface area (TPSA) is 120 Å².